The summed E-state index contributed by atoms with van der Waals surface area (Å²) >= 11 is 1.08. The number of rotatable bonds is 12. The van der Waals surface area contributed by atoms with Crippen LogP contribution >= 0.6 is 11.8 Å². The fourth-order valence-electron chi connectivity index (χ4n) is 4.01. The van der Waals surface area contributed by atoms with Crippen molar-refractivity contribution in [1.29, 1.82) is 0 Å². The van der Waals surface area contributed by atoms with Crippen LogP contribution in [-0.2, 0) is 9.53 Å². The Morgan fingerprint density at radius 2 is 2.12 bits per heavy atom. The molecule has 1 aromatic rings. The molecule has 0 bridgehead atoms. The van der Waals surface area contributed by atoms with Gasteiger partial charge in [0.15, 0.2) is 5.82 Å². The van der Waals surface area contributed by atoms with Crippen LogP contribution in [0.5, 0.6) is 0 Å². The Morgan fingerprint density at radius 1 is 1.41 bits per heavy atom. The molecule has 0 spiro atoms. The van der Waals surface area contributed by atoms with Gasteiger partial charge in [0.25, 0.3) is 5.91 Å². The number of thioether (sulfide) groups is 1. The van der Waals surface area contributed by atoms with E-state index in [2.05, 4.69) is 35.4 Å². The van der Waals surface area contributed by atoms with E-state index in [4.69, 9.17) is 15.5 Å². The molecule has 9 heteroatoms. The fraction of sp³-hybridized carbons (Fsp3) is 0.600. The molecule has 1 aromatic heterocycles. The van der Waals surface area contributed by atoms with E-state index in [-0.39, 0.29) is 23.3 Å². The van der Waals surface area contributed by atoms with Crippen molar-refractivity contribution in [2.75, 3.05) is 13.6 Å². The van der Waals surface area contributed by atoms with Crippen molar-refractivity contribution in [3.8, 4) is 0 Å². The standard InChI is InChI=1S/C25H38FN5O2S/c1-7-11-19(26)14-22(33-21-13-10-9-12-20(21)31(6)8-2)17(4)30-24-16(3)25(29-15-28-24)34-18(5)23(27)32/h11,15,20-22H,5,7-10,12-14H2,1-4,6H3,(H2,27,32). The van der Waals surface area contributed by atoms with E-state index in [1.54, 1.807) is 6.08 Å². The quantitative estimate of drug-likeness (QED) is 0.185. The molecular formula is C25H38FN5O2S. The number of carbonyl (C=O) groups is 1. The lowest BCUT2D eigenvalue weighted by atomic mass is 9.91. The molecule has 3 atom stereocenters. The van der Waals surface area contributed by atoms with Gasteiger partial charge in [0.1, 0.15) is 17.5 Å². The van der Waals surface area contributed by atoms with Gasteiger partial charge < -0.3 is 15.4 Å². The monoisotopic (exact) mass is 491 g/mol. The minimum Gasteiger partial charge on any atom is -0.367 e. The second-order valence-corrected chi connectivity index (χ2v) is 9.71. The van der Waals surface area contributed by atoms with Gasteiger partial charge in [-0.3, -0.25) is 4.79 Å². The minimum atomic E-state index is -0.602. The van der Waals surface area contributed by atoms with Crippen LogP contribution in [-0.4, -0.2) is 58.3 Å². The van der Waals surface area contributed by atoms with Gasteiger partial charge in [-0.2, -0.15) is 0 Å². The molecule has 2 rings (SSSR count). The molecule has 2 N–H and O–H groups in total. The number of aromatic nitrogens is 2. The first-order valence-corrected chi connectivity index (χ1v) is 12.7. The number of amides is 1. The van der Waals surface area contributed by atoms with Crippen LogP contribution in [0, 0.1) is 6.92 Å². The number of ether oxygens (including phenoxy) is 1. The summed E-state index contributed by atoms with van der Waals surface area (Å²) in [6.45, 7) is 12.3. The van der Waals surface area contributed by atoms with Crippen molar-refractivity contribution in [3.05, 3.63) is 35.3 Å². The maximum absolute atomic E-state index is 14.6. The Morgan fingerprint density at radius 3 is 2.76 bits per heavy atom. The van der Waals surface area contributed by atoms with E-state index in [0.29, 0.717) is 34.6 Å². The highest BCUT2D eigenvalue weighted by molar-refractivity contribution is 8.04. The summed E-state index contributed by atoms with van der Waals surface area (Å²) in [5.41, 5.74) is 6.64. The third kappa shape index (κ3) is 7.99. The number of halogens is 1. The van der Waals surface area contributed by atoms with Crippen LogP contribution in [0.25, 0.3) is 0 Å². The molecule has 34 heavy (non-hydrogen) atoms. The van der Waals surface area contributed by atoms with Crippen LogP contribution < -0.4 is 5.73 Å². The maximum atomic E-state index is 14.6. The van der Waals surface area contributed by atoms with Gasteiger partial charge in [0, 0.05) is 23.7 Å². The lowest BCUT2D eigenvalue weighted by Crippen LogP contribution is -2.46. The van der Waals surface area contributed by atoms with Gasteiger partial charge in [-0.05, 0) is 46.7 Å². The lowest BCUT2D eigenvalue weighted by molar-refractivity contribution is -0.113. The van der Waals surface area contributed by atoms with Gasteiger partial charge in [0.2, 0.25) is 0 Å². The molecule has 188 valence electrons. The number of hydrogen-bond acceptors (Lipinski definition) is 7. The van der Waals surface area contributed by atoms with E-state index in [1.165, 1.54) is 12.7 Å². The highest BCUT2D eigenvalue weighted by atomic mass is 32.2. The molecule has 0 aromatic carbocycles. The number of allylic oxidation sites excluding steroid dienone is 1. The molecule has 0 saturated heterocycles. The number of carbonyl (C=O) groups excluding carboxylic acids is 1. The molecule has 1 heterocycles. The van der Waals surface area contributed by atoms with Gasteiger partial charge >= 0.3 is 0 Å². The van der Waals surface area contributed by atoms with Crippen molar-refractivity contribution in [1.82, 2.24) is 14.9 Å². The van der Waals surface area contributed by atoms with Crippen molar-refractivity contribution >= 4 is 29.2 Å². The van der Waals surface area contributed by atoms with Crippen LogP contribution in [0.3, 0.4) is 0 Å². The normalized spacial score (nSPS) is 20.4. The Bertz CT molecular complexity index is 921. The third-order valence-corrected chi connectivity index (χ3v) is 7.18. The highest BCUT2D eigenvalue weighted by Crippen LogP contribution is 2.31. The van der Waals surface area contributed by atoms with Gasteiger partial charge in [-0.25, -0.2) is 19.4 Å². The average Bonchev–Trinajstić information content (AvgIpc) is 2.81. The molecule has 3 unspecified atom stereocenters. The lowest BCUT2D eigenvalue weighted by Gasteiger charge is -2.39. The first kappa shape index (κ1) is 28.1. The van der Waals surface area contributed by atoms with Crippen LogP contribution in [0.2, 0.25) is 0 Å². The summed E-state index contributed by atoms with van der Waals surface area (Å²) in [6.07, 6.45) is 7.52. The predicted molar refractivity (Wildman–Crippen MR) is 137 cm³/mol. The summed E-state index contributed by atoms with van der Waals surface area (Å²) in [6, 6.07) is 0.302. The highest BCUT2D eigenvalue weighted by Gasteiger charge is 2.32. The molecule has 1 fully saturated rings. The second kappa shape index (κ2) is 13.7. The van der Waals surface area contributed by atoms with Gasteiger partial charge in [-0.1, -0.05) is 51.1 Å². The van der Waals surface area contributed by atoms with Crippen LogP contribution in [0.1, 0.15) is 64.9 Å². The molecule has 7 nitrogen and oxygen atoms in total. The first-order valence-electron chi connectivity index (χ1n) is 11.9. The number of aliphatic imine (C=N–C) groups is 1. The van der Waals surface area contributed by atoms with E-state index < -0.39 is 12.0 Å². The SMILES string of the molecule is C=C(Sc1ncnc(N=C(C)C(CC(F)=CCC)OC2CCCCC2N(C)CC)c1C)C(N)=O. The van der Waals surface area contributed by atoms with Crippen molar-refractivity contribution in [2.45, 2.75) is 89.5 Å². The average molecular weight is 492 g/mol. The maximum Gasteiger partial charge on any atom is 0.254 e. The Kier molecular flexibility index (Phi) is 11.3. The van der Waals surface area contributed by atoms with Crippen molar-refractivity contribution in [2.24, 2.45) is 10.7 Å². The van der Waals surface area contributed by atoms with Crippen molar-refractivity contribution < 1.29 is 13.9 Å². The predicted octanol–water partition coefficient (Wildman–Crippen LogP) is 5.27. The fourth-order valence-corrected chi connectivity index (χ4v) is 4.69. The number of primary amides is 1. The summed E-state index contributed by atoms with van der Waals surface area (Å²) in [5.74, 6) is -0.353. The summed E-state index contributed by atoms with van der Waals surface area (Å²) in [5, 5.41) is 0.553. The number of nitrogens with zero attached hydrogens (tertiary/aromatic N) is 4. The van der Waals surface area contributed by atoms with Crippen molar-refractivity contribution in [3.63, 3.8) is 0 Å². The zero-order valence-electron chi connectivity index (χ0n) is 21.0. The molecule has 1 saturated carbocycles. The Labute approximate surface area is 207 Å². The number of likely N-dealkylation sites (N-methyl/N-ethyl adjacent to an activating group) is 1. The first-order chi connectivity index (χ1) is 16.2. The Hall–Kier alpha value is -2.10. The van der Waals surface area contributed by atoms with E-state index in [9.17, 15) is 9.18 Å². The molecular weight excluding hydrogens is 453 g/mol. The smallest absolute Gasteiger partial charge is 0.254 e. The van der Waals surface area contributed by atoms with E-state index in [0.717, 1.165) is 37.6 Å². The molecule has 1 aliphatic carbocycles. The number of hydrogen-bond donors (Lipinski definition) is 1. The van der Waals surface area contributed by atoms with E-state index in [1.807, 2.05) is 20.8 Å². The minimum absolute atomic E-state index is 0.0137. The second-order valence-electron chi connectivity index (χ2n) is 8.62. The topological polar surface area (TPSA) is 93.7 Å². The summed E-state index contributed by atoms with van der Waals surface area (Å²) in [7, 11) is 2.11. The van der Waals surface area contributed by atoms with E-state index >= 15 is 0 Å². The molecule has 1 amide bonds. The third-order valence-electron chi connectivity index (χ3n) is 6.13. The van der Waals surface area contributed by atoms with Crippen LogP contribution in [0.4, 0.5) is 10.2 Å². The molecule has 0 aliphatic heterocycles. The zero-order chi connectivity index (χ0) is 25.3. The van der Waals surface area contributed by atoms with Gasteiger partial charge in [0.05, 0.1) is 16.8 Å². The summed E-state index contributed by atoms with van der Waals surface area (Å²) < 4.78 is 21.2. The number of nitrogens with two attached hydrogens (primary N) is 1. The Balaban J connectivity index is 2.34. The summed E-state index contributed by atoms with van der Waals surface area (Å²) in [4.78, 5) is 27.1. The largest absolute Gasteiger partial charge is 0.367 e. The molecule has 1 aliphatic rings. The van der Waals surface area contributed by atoms with Gasteiger partial charge in [-0.15, -0.1) is 0 Å². The zero-order valence-corrected chi connectivity index (χ0v) is 21.8. The molecule has 0 radical (unpaired) electrons. The van der Waals surface area contributed by atoms with Crippen LogP contribution in [0.15, 0.2) is 39.7 Å².